The highest BCUT2D eigenvalue weighted by Crippen LogP contribution is 2.44. The smallest absolute Gasteiger partial charge is 0.0765 e. The molecule has 1 aromatic carbocycles. The van der Waals surface area contributed by atoms with Crippen molar-refractivity contribution in [2.24, 2.45) is 0 Å². The molecule has 2 nitrogen and oxygen atoms in total. The normalized spacial score (nSPS) is 34.3. The van der Waals surface area contributed by atoms with Crippen molar-refractivity contribution in [3.8, 4) is 0 Å². The number of hydrogen-bond acceptors (Lipinski definition) is 2. The molecule has 1 aliphatic heterocycles. The first-order valence-corrected chi connectivity index (χ1v) is 6.83. The summed E-state index contributed by atoms with van der Waals surface area (Å²) in [5, 5.41) is 10.6. The van der Waals surface area contributed by atoms with Crippen LogP contribution >= 0.6 is 0 Å². The summed E-state index contributed by atoms with van der Waals surface area (Å²) in [6.45, 7) is 2.29. The zero-order valence-corrected chi connectivity index (χ0v) is 10.3. The Bertz CT molecular complexity index is 370. The number of likely N-dealkylation sites (tertiary alicyclic amines) is 1. The third kappa shape index (κ3) is 1.71. The van der Waals surface area contributed by atoms with Crippen LogP contribution in [0.3, 0.4) is 0 Å². The van der Waals surface area contributed by atoms with Gasteiger partial charge in [-0.1, -0.05) is 43.2 Å². The van der Waals surface area contributed by atoms with Crippen molar-refractivity contribution >= 4 is 0 Å². The maximum absolute atomic E-state index is 10.6. The van der Waals surface area contributed by atoms with Gasteiger partial charge in [0.1, 0.15) is 0 Å². The molecule has 17 heavy (non-hydrogen) atoms. The largest absolute Gasteiger partial charge is 0.391 e. The van der Waals surface area contributed by atoms with Gasteiger partial charge in [0.2, 0.25) is 0 Å². The van der Waals surface area contributed by atoms with E-state index < -0.39 is 0 Å². The van der Waals surface area contributed by atoms with Crippen molar-refractivity contribution < 1.29 is 5.11 Å². The Balaban J connectivity index is 2.00. The van der Waals surface area contributed by atoms with Crippen molar-refractivity contribution in [1.82, 2.24) is 4.90 Å². The zero-order chi connectivity index (χ0) is 11.7. The predicted octanol–water partition coefficient (Wildman–Crippen LogP) is 2.52. The lowest BCUT2D eigenvalue weighted by Crippen LogP contribution is -2.60. The van der Waals surface area contributed by atoms with Crippen LogP contribution in [0.5, 0.6) is 0 Å². The summed E-state index contributed by atoms with van der Waals surface area (Å²) in [5.74, 6) is 0. The molecule has 0 amide bonds. The second kappa shape index (κ2) is 4.43. The van der Waals surface area contributed by atoms with Crippen LogP contribution in [0.15, 0.2) is 30.3 Å². The standard InChI is InChI=1S/C15H21NO/c17-14-9-4-5-10-15(14,16-11-6-12-16)13-7-2-1-3-8-13/h1-3,7-8,14,17H,4-6,9-12H2. The quantitative estimate of drug-likeness (QED) is 0.845. The first-order chi connectivity index (χ1) is 8.34. The Morgan fingerprint density at radius 3 is 2.41 bits per heavy atom. The Morgan fingerprint density at radius 2 is 1.82 bits per heavy atom. The van der Waals surface area contributed by atoms with Gasteiger partial charge in [-0.15, -0.1) is 0 Å². The highest BCUT2D eigenvalue weighted by molar-refractivity contribution is 5.28. The van der Waals surface area contributed by atoms with Gasteiger partial charge in [-0.25, -0.2) is 0 Å². The van der Waals surface area contributed by atoms with E-state index >= 15 is 0 Å². The summed E-state index contributed by atoms with van der Waals surface area (Å²) < 4.78 is 0. The van der Waals surface area contributed by atoms with Gasteiger partial charge >= 0.3 is 0 Å². The minimum atomic E-state index is -0.195. The molecule has 0 bridgehead atoms. The molecule has 2 heteroatoms. The maximum Gasteiger partial charge on any atom is 0.0765 e. The van der Waals surface area contributed by atoms with E-state index in [1.807, 2.05) is 0 Å². The van der Waals surface area contributed by atoms with Crippen LogP contribution in [0.25, 0.3) is 0 Å². The summed E-state index contributed by atoms with van der Waals surface area (Å²) in [6, 6.07) is 10.6. The molecular formula is C15H21NO. The van der Waals surface area contributed by atoms with Crippen molar-refractivity contribution in [2.75, 3.05) is 13.1 Å². The number of nitrogens with zero attached hydrogens (tertiary/aromatic N) is 1. The topological polar surface area (TPSA) is 23.5 Å². The SMILES string of the molecule is OC1CCCCC1(c1ccccc1)N1CCC1. The number of aliphatic hydroxyl groups excluding tert-OH is 1. The van der Waals surface area contributed by atoms with Gasteiger partial charge < -0.3 is 5.11 Å². The van der Waals surface area contributed by atoms with Crippen LogP contribution in [0.4, 0.5) is 0 Å². The molecule has 3 rings (SSSR count). The van der Waals surface area contributed by atoms with Crippen molar-refractivity contribution in [3.05, 3.63) is 35.9 Å². The Labute approximate surface area is 103 Å². The van der Waals surface area contributed by atoms with Gasteiger partial charge in [-0.05, 0) is 24.8 Å². The van der Waals surface area contributed by atoms with Gasteiger partial charge in [-0.2, -0.15) is 0 Å². The second-order valence-corrected chi connectivity index (χ2v) is 5.39. The van der Waals surface area contributed by atoms with E-state index in [4.69, 9.17) is 0 Å². The van der Waals surface area contributed by atoms with E-state index in [0.29, 0.717) is 0 Å². The lowest BCUT2D eigenvalue weighted by molar-refractivity contribution is -0.0916. The van der Waals surface area contributed by atoms with Crippen LogP contribution in [-0.4, -0.2) is 29.2 Å². The fourth-order valence-corrected chi connectivity index (χ4v) is 3.47. The van der Waals surface area contributed by atoms with E-state index in [1.54, 1.807) is 0 Å². The predicted molar refractivity (Wildman–Crippen MR) is 68.8 cm³/mol. The van der Waals surface area contributed by atoms with Crippen LogP contribution in [0.1, 0.15) is 37.7 Å². The van der Waals surface area contributed by atoms with Crippen LogP contribution in [0, 0.1) is 0 Å². The Hall–Kier alpha value is -0.860. The summed E-state index contributed by atoms with van der Waals surface area (Å²) in [7, 11) is 0. The first kappa shape index (κ1) is 11.2. The van der Waals surface area contributed by atoms with Crippen LogP contribution in [0.2, 0.25) is 0 Å². The summed E-state index contributed by atoms with van der Waals surface area (Å²) in [6.07, 6.45) is 5.55. The van der Waals surface area contributed by atoms with Crippen molar-refractivity contribution in [1.29, 1.82) is 0 Å². The molecular weight excluding hydrogens is 210 g/mol. The van der Waals surface area contributed by atoms with Gasteiger partial charge in [0.05, 0.1) is 11.6 Å². The number of rotatable bonds is 2. The fraction of sp³-hybridized carbons (Fsp3) is 0.600. The third-order valence-electron chi connectivity index (χ3n) is 4.53. The third-order valence-corrected chi connectivity index (χ3v) is 4.53. The van der Waals surface area contributed by atoms with E-state index in [9.17, 15) is 5.11 Å². The molecule has 1 saturated heterocycles. The molecule has 2 unspecified atom stereocenters. The molecule has 1 saturated carbocycles. The second-order valence-electron chi connectivity index (χ2n) is 5.39. The van der Waals surface area contributed by atoms with Crippen LogP contribution in [-0.2, 0) is 5.54 Å². The average molecular weight is 231 g/mol. The highest BCUT2D eigenvalue weighted by Gasteiger charge is 2.47. The molecule has 2 fully saturated rings. The van der Waals surface area contributed by atoms with Crippen molar-refractivity contribution in [2.45, 2.75) is 43.7 Å². The Morgan fingerprint density at radius 1 is 1.06 bits per heavy atom. The van der Waals surface area contributed by atoms with Crippen molar-refractivity contribution in [3.63, 3.8) is 0 Å². The van der Waals surface area contributed by atoms with E-state index in [-0.39, 0.29) is 11.6 Å². The Kier molecular flexibility index (Phi) is 2.93. The number of aliphatic hydroxyl groups is 1. The molecule has 1 N–H and O–H groups in total. The lowest BCUT2D eigenvalue weighted by atomic mass is 9.72. The van der Waals surface area contributed by atoms with Gasteiger partial charge in [0.15, 0.2) is 0 Å². The monoisotopic (exact) mass is 231 g/mol. The van der Waals surface area contributed by atoms with Crippen LogP contribution < -0.4 is 0 Å². The van der Waals surface area contributed by atoms with Gasteiger partial charge in [0, 0.05) is 13.1 Å². The van der Waals surface area contributed by atoms with Gasteiger partial charge in [-0.3, -0.25) is 4.90 Å². The minimum Gasteiger partial charge on any atom is -0.391 e. The highest BCUT2D eigenvalue weighted by atomic mass is 16.3. The summed E-state index contributed by atoms with van der Waals surface area (Å²) >= 11 is 0. The fourth-order valence-electron chi connectivity index (χ4n) is 3.47. The molecule has 0 radical (unpaired) electrons. The summed E-state index contributed by atoms with van der Waals surface area (Å²) in [5.41, 5.74) is 1.23. The minimum absolute atomic E-state index is 0.0856. The van der Waals surface area contributed by atoms with E-state index in [1.165, 1.54) is 24.8 Å². The van der Waals surface area contributed by atoms with Gasteiger partial charge in [0.25, 0.3) is 0 Å². The lowest BCUT2D eigenvalue weighted by Gasteiger charge is -2.53. The number of benzene rings is 1. The molecule has 1 aliphatic carbocycles. The molecule has 1 aromatic rings. The molecule has 2 atom stereocenters. The average Bonchev–Trinajstić information content (AvgIpc) is 2.31. The maximum atomic E-state index is 10.6. The number of hydrogen-bond donors (Lipinski definition) is 1. The molecule has 0 spiro atoms. The molecule has 0 aromatic heterocycles. The zero-order valence-electron chi connectivity index (χ0n) is 10.3. The summed E-state index contributed by atoms with van der Waals surface area (Å²) in [4.78, 5) is 2.49. The molecule has 92 valence electrons. The van der Waals surface area contributed by atoms with E-state index in [2.05, 4.69) is 35.2 Å². The van der Waals surface area contributed by atoms with E-state index in [0.717, 1.165) is 25.9 Å². The first-order valence-electron chi connectivity index (χ1n) is 6.83. The molecule has 1 heterocycles. The molecule has 2 aliphatic rings.